The van der Waals surface area contributed by atoms with E-state index in [2.05, 4.69) is 0 Å². The molecule has 11 heavy (non-hydrogen) atoms. The monoisotopic (exact) mass is 158 g/mol. The van der Waals surface area contributed by atoms with Crippen molar-refractivity contribution in [2.75, 3.05) is 0 Å². The van der Waals surface area contributed by atoms with Gasteiger partial charge in [0, 0.05) is 6.42 Å². The van der Waals surface area contributed by atoms with E-state index in [1.165, 1.54) is 0 Å². The van der Waals surface area contributed by atoms with E-state index in [1.54, 1.807) is 0 Å². The highest BCUT2D eigenvalue weighted by Crippen LogP contribution is 2.19. The largest absolute Gasteiger partial charge is 0.460 e. The maximum absolute atomic E-state index is 10.6. The lowest BCUT2D eigenvalue weighted by Gasteiger charge is -2.15. The zero-order chi connectivity index (χ0) is 8.27. The summed E-state index contributed by atoms with van der Waals surface area (Å²) < 4.78 is 4.89. The van der Waals surface area contributed by atoms with Crippen molar-refractivity contribution < 1.29 is 14.6 Å². The van der Waals surface area contributed by atoms with Gasteiger partial charge < -0.3 is 9.84 Å². The lowest BCUT2D eigenvalue weighted by molar-refractivity contribution is -0.145. The molecule has 64 valence electrons. The first kappa shape index (κ1) is 8.53. The number of carbonyl (C=O) groups is 1. The van der Waals surface area contributed by atoms with Crippen LogP contribution in [0.2, 0.25) is 0 Å². The third-order valence-corrected chi connectivity index (χ3v) is 1.93. The van der Waals surface area contributed by atoms with Crippen LogP contribution in [-0.4, -0.2) is 23.3 Å². The summed E-state index contributed by atoms with van der Waals surface area (Å²) in [4.78, 5) is 10.6. The van der Waals surface area contributed by atoms with Gasteiger partial charge in [-0.05, 0) is 12.8 Å². The fraction of sp³-hybridized carbons (Fsp3) is 0.875. The van der Waals surface area contributed by atoms with Gasteiger partial charge in [0.2, 0.25) is 0 Å². The Kier molecular flexibility index (Phi) is 2.88. The predicted octanol–water partition coefficient (Wildman–Crippen LogP) is 0.853. The summed E-state index contributed by atoms with van der Waals surface area (Å²) in [6.07, 6.45) is 2.10. The Balaban J connectivity index is 2.30. The summed E-state index contributed by atoms with van der Waals surface area (Å²) in [5.41, 5.74) is 0. The third kappa shape index (κ3) is 2.19. The summed E-state index contributed by atoms with van der Waals surface area (Å²) in [7, 11) is 0. The smallest absolute Gasteiger partial charge is 0.306 e. The number of rotatable bonds is 3. The predicted molar refractivity (Wildman–Crippen MR) is 40.0 cm³/mol. The van der Waals surface area contributed by atoms with Gasteiger partial charge in [-0.25, -0.2) is 0 Å². The molecule has 1 fully saturated rings. The highest BCUT2D eigenvalue weighted by atomic mass is 16.6. The zero-order valence-electron chi connectivity index (χ0n) is 6.75. The van der Waals surface area contributed by atoms with Crippen molar-refractivity contribution in [3.8, 4) is 0 Å². The molecule has 1 rings (SSSR count). The molecule has 0 amide bonds. The Morgan fingerprint density at radius 1 is 1.82 bits per heavy atom. The zero-order valence-corrected chi connectivity index (χ0v) is 6.75. The van der Waals surface area contributed by atoms with Crippen LogP contribution in [0.5, 0.6) is 0 Å². The number of carbonyl (C=O) groups excluding carboxylic acids is 1. The van der Waals surface area contributed by atoms with E-state index in [0.29, 0.717) is 12.8 Å². The Hall–Kier alpha value is -0.570. The normalized spacial score (nSPS) is 26.7. The number of cyclic esters (lactones) is 1. The Morgan fingerprint density at radius 2 is 2.55 bits per heavy atom. The lowest BCUT2D eigenvalue weighted by atomic mass is 10.1. The molecule has 0 saturated carbocycles. The van der Waals surface area contributed by atoms with E-state index in [4.69, 9.17) is 4.74 Å². The molecule has 0 bridgehead atoms. The molecular formula is C8H14O3. The topological polar surface area (TPSA) is 46.5 Å². The molecule has 0 aromatic heterocycles. The molecule has 0 spiro atoms. The molecular weight excluding hydrogens is 144 g/mol. The summed E-state index contributed by atoms with van der Waals surface area (Å²) in [6, 6.07) is 0. The fourth-order valence-electron chi connectivity index (χ4n) is 1.30. The second-order valence-corrected chi connectivity index (χ2v) is 2.92. The van der Waals surface area contributed by atoms with Crippen LogP contribution in [0.1, 0.15) is 32.6 Å². The van der Waals surface area contributed by atoms with Gasteiger partial charge in [0.15, 0.2) is 0 Å². The van der Waals surface area contributed by atoms with Crippen molar-refractivity contribution in [2.45, 2.75) is 44.8 Å². The van der Waals surface area contributed by atoms with Crippen molar-refractivity contribution in [1.82, 2.24) is 0 Å². The van der Waals surface area contributed by atoms with Crippen LogP contribution < -0.4 is 0 Å². The van der Waals surface area contributed by atoms with E-state index in [1.807, 2.05) is 6.92 Å². The first-order chi connectivity index (χ1) is 5.24. The van der Waals surface area contributed by atoms with Gasteiger partial charge in [0.25, 0.3) is 0 Å². The van der Waals surface area contributed by atoms with E-state index in [0.717, 1.165) is 12.8 Å². The highest BCUT2D eigenvalue weighted by Gasteiger charge is 2.28. The number of aliphatic hydroxyl groups is 1. The summed E-state index contributed by atoms with van der Waals surface area (Å²) >= 11 is 0. The number of esters is 1. The van der Waals surface area contributed by atoms with E-state index >= 15 is 0 Å². The van der Waals surface area contributed by atoms with E-state index < -0.39 is 6.10 Å². The van der Waals surface area contributed by atoms with E-state index in [-0.39, 0.29) is 12.1 Å². The average Bonchev–Trinajstić information content (AvgIpc) is 2.36. The maximum atomic E-state index is 10.6. The van der Waals surface area contributed by atoms with Gasteiger partial charge in [-0.1, -0.05) is 13.3 Å². The molecule has 1 aliphatic rings. The molecule has 0 aromatic rings. The molecule has 0 aliphatic carbocycles. The number of hydrogen-bond acceptors (Lipinski definition) is 3. The van der Waals surface area contributed by atoms with Crippen LogP contribution >= 0.6 is 0 Å². The first-order valence-electron chi connectivity index (χ1n) is 4.11. The molecule has 2 atom stereocenters. The summed E-state index contributed by atoms with van der Waals surface area (Å²) in [5, 5.41) is 9.39. The second-order valence-electron chi connectivity index (χ2n) is 2.92. The van der Waals surface area contributed by atoms with E-state index in [9.17, 15) is 9.90 Å². The standard InChI is InChI=1S/C8H14O3/c1-2-3-6(9)7-4-5-8(10)11-7/h6-7,9H,2-5H2,1H3/t6-,7-/m1/s1. The van der Waals surface area contributed by atoms with Gasteiger partial charge in [-0.15, -0.1) is 0 Å². The van der Waals surface area contributed by atoms with Gasteiger partial charge in [-0.3, -0.25) is 4.79 Å². The Labute approximate surface area is 66.4 Å². The quantitative estimate of drug-likeness (QED) is 0.619. The van der Waals surface area contributed by atoms with Crippen LogP contribution in [0.4, 0.5) is 0 Å². The molecule has 1 N–H and O–H groups in total. The van der Waals surface area contributed by atoms with Crippen molar-refractivity contribution in [1.29, 1.82) is 0 Å². The number of hydrogen-bond donors (Lipinski definition) is 1. The van der Waals surface area contributed by atoms with Gasteiger partial charge in [-0.2, -0.15) is 0 Å². The molecule has 1 aliphatic heterocycles. The minimum atomic E-state index is -0.452. The van der Waals surface area contributed by atoms with Crippen molar-refractivity contribution >= 4 is 5.97 Å². The van der Waals surface area contributed by atoms with Crippen molar-refractivity contribution in [2.24, 2.45) is 0 Å². The minimum Gasteiger partial charge on any atom is -0.460 e. The van der Waals surface area contributed by atoms with Crippen LogP contribution in [0.15, 0.2) is 0 Å². The summed E-state index contributed by atoms with van der Waals surface area (Å²) in [5.74, 6) is -0.176. The van der Waals surface area contributed by atoms with Crippen molar-refractivity contribution in [3.63, 3.8) is 0 Å². The second kappa shape index (κ2) is 3.72. The fourth-order valence-corrected chi connectivity index (χ4v) is 1.30. The average molecular weight is 158 g/mol. The summed E-state index contributed by atoms with van der Waals surface area (Å²) in [6.45, 7) is 2.00. The molecule has 3 heteroatoms. The van der Waals surface area contributed by atoms with Crippen LogP contribution in [0.25, 0.3) is 0 Å². The van der Waals surface area contributed by atoms with Crippen LogP contribution in [0, 0.1) is 0 Å². The SMILES string of the molecule is CCC[C@@H](O)[C@H]1CCC(=O)O1. The third-order valence-electron chi connectivity index (χ3n) is 1.93. The Morgan fingerprint density at radius 3 is 3.00 bits per heavy atom. The van der Waals surface area contributed by atoms with Crippen LogP contribution in [-0.2, 0) is 9.53 Å². The Bertz CT molecular complexity index is 144. The molecule has 3 nitrogen and oxygen atoms in total. The number of ether oxygens (including phenoxy) is 1. The molecule has 0 unspecified atom stereocenters. The first-order valence-corrected chi connectivity index (χ1v) is 4.11. The molecule has 1 saturated heterocycles. The minimum absolute atomic E-state index is 0.176. The highest BCUT2D eigenvalue weighted by molar-refractivity contribution is 5.71. The van der Waals surface area contributed by atoms with Crippen LogP contribution in [0.3, 0.4) is 0 Å². The lowest BCUT2D eigenvalue weighted by Crippen LogP contribution is -2.25. The molecule has 1 heterocycles. The van der Waals surface area contributed by atoms with Gasteiger partial charge in [0.05, 0.1) is 6.10 Å². The number of aliphatic hydroxyl groups excluding tert-OH is 1. The molecule has 0 aromatic carbocycles. The van der Waals surface area contributed by atoms with Gasteiger partial charge in [0.1, 0.15) is 6.10 Å². The van der Waals surface area contributed by atoms with Gasteiger partial charge >= 0.3 is 5.97 Å². The van der Waals surface area contributed by atoms with Crippen molar-refractivity contribution in [3.05, 3.63) is 0 Å². The maximum Gasteiger partial charge on any atom is 0.306 e. The molecule has 0 radical (unpaired) electrons.